The van der Waals surface area contributed by atoms with Crippen molar-refractivity contribution >= 4 is 24.0 Å². The zero-order chi connectivity index (χ0) is 40.1. The molecule has 0 radical (unpaired) electrons. The van der Waals surface area contributed by atoms with Crippen LogP contribution in [0.2, 0.25) is 0 Å². The third kappa shape index (κ3) is 8.48. The number of methoxy groups -OCH3 is 2. The number of carbonyl (C=O) groups is 4. The van der Waals surface area contributed by atoms with E-state index in [4.69, 9.17) is 14.5 Å². The van der Waals surface area contributed by atoms with E-state index in [1.807, 2.05) is 65.0 Å². The van der Waals surface area contributed by atoms with E-state index in [2.05, 4.69) is 49.9 Å². The highest BCUT2D eigenvalue weighted by Crippen LogP contribution is 2.37. The fourth-order valence-corrected chi connectivity index (χ4v) is 7.50. The van der Waals surface area contributed by atoms with Crippen LogP contribution in [0.1, 0.15) is 77.6 Å². The quantitative estimate of drug-likeness (QED) is 0.121. The zero-order valence-corrected chi connectivity index (χ0v) is 33.1. The number of rotatable bonds is 11. The number of likely N-dealkylation sites (tertiary alicyclic amines) is 2. The van der Waals surface area contributed by atoms with E-state index in [0.29, 0.717) is 25.3 Å². The molecule has 2 aromatic carbocycles. The number of amides is 4. The van der Waals surface area contributed by atoms with Crippen molar-refractivity contribution in [2.45, 2.75) is 78.0 Å². The SMILES string of the molecule is CC=C1C[C@@H](c2ncc(-c3ccc(-c4ccc(-c5cnc([C@@H]6CCCN6C(=O)C(NC(=O)OC)C(C)C)[nH]5)cc4)cc3)[nH]2)N(C(=O)C(NC(=O)OC)C(C)C)C1. The van der Waals surface area contributed by atoms with Gasteiger partial charge in [0.15, 0.2) is 0 Å². The Bertz CT molecular complexity index is 2050. The van der Waals surface area contributed by atoms with Crippen molar-refractivity contribution in [3.63, 3.8) is 0 Å². The number of hydrogen-bond acceptors (Lipinski definition) is 8. The maximum atomic E-state index is 13.8. The molecule has 0 bridgehead atoms. The number of alkyl carbamates (subject to hydrolysis) is 2. The van der Waals surface area contributed by atoms with Crippen molar-refractivity contribution < 1.29 is 28.7 Å². The van der Waals surface area contributed by atoms with Crippen molar-refractivity contribution in [1.29, 1.82) is 0 Å². The monoisotopic (exact) mass is 764 g/mol. The van der Waals surface area contributed by atoms with Gasteiger partial charge in [-0.25, -0.2) is 19.6 Å². The molecule has 56 heavy (non-hydrogen) atoms. The lowest BCUT2D eigenvalue weighted by Gasteiger charge is -2.30. The molecule has 4 aromatic rings. The molecular weight excluding hydrogens is 713 g/mol. The number of benzene rings is 2. The molecule has 2 unspecified atom stereocenters. The third-order valence-electron chi connectivity index (χ3n) is 10.8. The van der Waals surface area contributed by atoms with Gasteiger partial charge in [-0.2, -0.15) is 0 Å². The highest BCUT2D eigenvalue weighted by molar-refractivity contribution is 5.87. The van der Waals surface area contributed by atoms with E-state index in [0.717, 1.165) is 57.9 Å². The maximum Gasteiger partial charge on any atom is 0.407 e. The van der Waals surface area contributed by atoms with Gasteiger partial charge in [-0.15, -0.1) is 0 Å². The molecule has 2 aromatic heterocycles. The third-order valence-corrected chi connectivity index (χ3v) is 10.8. The van der Waals surface area contributed by atoms with Gasteiger partial charge < -0.3 is 39.9 Å². The molecule has 4 atom stereocenters. The summed E-state index contributed by atoms with van der Waals surface area (Å²) in [6.45, 7) is 10.6. The van der Waals surface area contributed by atoms with Gasteiger partial charge in [0.05, 0.1) is 50.1 Å². The number of aromatic nitrogens is 4. The summed E-state index contributed by atoms with van der Waals surface area (Å²) >= 11 is 0. The molecule has 6 rings (SSSR count). The van der Waals surface area contributed by atoms with E-state index in [-0.39, 0.29) is 35.7 Å². The maximum absolute atomic E-state index is 13.8. The van der Waals surface area contributed by atoms with Crippen molar-refractivity contribution in [1.82, 2.24) is 40.4 Å². The minimum Gasteiger partial charge on any atom is -0.453 e. The fourth-order valence-electron chi connectivity index (χ4n) is 7.50. The summed E-state index contributed by atoms with van der Waals surface area (Å²) < 4.78 is 9.54. The normalized spacial score (nSPS) is 18.7. The molecule has 4 N–H and O–H groups in total. The molecular formula is C42H52N8O6. The van der Waals surface area contributed by atoms with Crippen molar-refractivity contribution in [2.24, 2.45) is 11.8 Å². The number of allylic oxidation sites excluding steroid dienone is 1. The summed E-state index contributed by atoms with van der Waals surface area (Å²) in [4.78, 5) is 71.1. The summed E-state index contributed by atoms with van der Waals surface area (Å²) in [5.41, 5.74) is 6.86. The molecule has 0 saturated carbocycles. The molecule has 296 valence electrons. The second-order valence-electron chi connectivity index (χ2n) is 15.1. The molecule has 4 amide bonds. The van der Waals surface area contributed by atoms with Gasteiger partial charge >= 0.3 is 12.2 Å². The molecule has 0 spiro atoms. The average molecular weight is 765 g/mol. The molecule has 2 aliphatic rings. The van der Waals surface area contributed by atoms with Crippen LogP contribution >= 0.6 is 0 Å². The van der Waals surface area contributed by atoms with Gasteiger partial charge in [-0.3, -0.25) is 9.59 Å². The first-order chi connectivity index (χ1) is 26.9. The zero-order valence-electron chi connectivity index (χ0n) is 33.1. The largest absolute Gasteiger partial charge is 0.453 e. The Morgan fingerprint density at radius 1 is 0.714 bits per heavy atom. The number of carbonyl (C=O) groups excluding carboxylic acids is 4. The van der Waals surface area contributed by atoms with Crippen LogP contribution in [0.15, 0.2) is 72.6 Å². The van der Waals surface area contributed by atoms with Gasteiger partial charge in [0, 0.05) is 13.1 Å². The average Bonchev–Trinajstić information content (AvgIpc) is 4.04. The number of ether oxygens (including phenoxy) is 2. The molecule has 2 saturated heterocycles. The van der Waals surface area contributed by atoms with Crippen LogP contribution in [0, 0.1) is 11.8 Å². The predicted molar refractivity (Wildman–Crippen MR) is 212 cm³/mol. The van der Waals surface area contributed by atoms with Crippen LogP contribution in [-0.2, 0) is 19.1 Å². The highest BCUT2D eigenvalue weighted by Gasteiger charge is 2.40. The van der Waals surface area contributed by atoms with Crippen LogP contribution in [0.4, 0.5) is 9.59 Å². The Morgan fingerprint density at radius 2 is 1.16 bits per heavy atom. The van der Waals surface area contributed by atoms with Gasteiger partial charge in [0.25, 0.3) is 0 Å². The van der Waals surface area contributed by atoms with Crippen LogP contribution in [0.25, 0.3) is 33.6 Å². The molecule has 14 heteroatoms. The number of hydrogen-bond donors (Lipinski definition) is 4. The molecule has 2 fully saturated rings. The Balaban J connectivity index is 1.13. The van der Waals surface area contributed by atoms with Crippen molar-refractivity contribution in [3.05, 3.63) is 84.2 Å². The van der Waals surface area contributed by atoms with Crippen LogP contribution < -0.4 is 10.6 Å². The molecule has 0 aliphatic carbocycles. The first-order valence-corrected chi connectivity index (χ1v) is 19.2. The summed E-state index contributed by atoms with van der Waals surface area (Å²) in [5, 5.41) is 5.40. The second kappa shape index (κ2) is 17.3. The van der Waals surface area contributed by atoms with Gasteiger partial charge in [-0.1, -0.05) is 87.9 Å². The standard InChI is InChI=1S/C42H52N8O6/c1-8-26-20-34(50(23-26)40(52)36(25(4)5)48-42(54)56-7)38-44-22-32(46-38)30-17-13-28(14-18-30)27-11-15-29(16-12-27)31-21-43-37(45-31)33-10-9-19-49(33)39(51)35(24(2)3)47-41(53)55-6/h8,11-18,21-22,24-25,33-36H,9-10,19-20,23H2,1-7H3,(H,43,45)(H,44,46)(H,47,53)(H,48,54)/t33-,34-,35?,36?/m0/s1. The van der Waals surface area contributed by atoms with E-state index >= 15 is 0 Å². The Hall–Kier alpha value is -5.92. The van der Waals surface area contributed by atoms with Crippen LogP contribution in [0.3, 0.4) is 0 Å². The number of aromatic amines is 2. The van der Waals surface area contributed by atoms with E-state index < -0.39 is 24.3 Å². The first-order valence-electron chi connectivity index (χ1n) is 19.2. The van der Waals surface area contributed by atoms with Gasteiger partial charge in [-0.05, 0) is 60.3 Å². The summed E-state index contributed by atoms with van der Waals surface area (Å²) in [6.07, 6.45) is 6.64. The lowest BCUT2D eigenvalue weighted by Crippen LogP contribution is -2.51. The fraction of sp³-hybridized carbons (Fsp3) is 0.429. The van der Waals surface area contributed by atoms with Gasteiger partial charge in [0.1, 0.15) is 23.7 Å². The summed E-state index contributed by atoms with van der Waals surface area (Å²) in [5.74, 6) is 0.854. The van der Waals surface area contributed by atoms with Gasteiger partial charge in [0.2, 0.25) is 11.8 Å². The van der Waals surface area contributed by atoms with Crippen molar-refractivity contribution in [3.8, 4) is 33.6 Å². The summed E-state index contributed by atoms with van der Waals surface area (Å²) in [6, 6.07) is 14.5. The second-order valence-corrected chi connectivity index (χ2v) is 15.1. The molecule has 4 heterocycles. The Labute approximate surface area is 327 Å². The smallest absolute Gasteiger partial charge is 0.407 e. The first kappa shape index (κ1) is 39.8. The topological polar surface area (TPSA) is 175 Å². The molecule has 14 nitrogen and oxygen atoms in total. The Kier molecular flexibility index (Phi) is 12.3. The van der Waals surface area contributed by atoms with E-state index in [9.17, 15) is 19.2 Å². The lowest BCUT2D eigenvalue weighted by molar-refractivity contribution is -0.136. The number of imidazole rings is 2. The number of nitrogens with zero attached hydrogens (tertiary/aromatic N) is 4. The van der Waals surface area contributed by atoms with Crippen LogP contribution in [-0.4, -0.2) is 93.1 Å². The highest BCUT2D eigenvalue weighted by atomic mass is 16.5. The predicted octanol–water partition coefficient (Wildman–Crippen LogP) is 6.78. The minimum atomic E-state index is -0.726. The number of H-pyrrole nitrogens is 2. The van der Waals surface area contributed by atoms with E-state index in [1.165, 1.54) is 14.2 Å². The Morgan fingerprint density at radius 3 is 1.61 bits per heavy atom. The minimum absolute atomic E-state index is 0.107. The number of nitrogens with one attached hydrogen (secondary N) is 4. The lowest BCUT2D eigenvalue weighted by atomic mass is 10.0. The van der Waals surface area contributed by atoms with Crippen molar-refractivity contribution in [2.75, 3.05) is 27.3 Å². The summed E-state index contributed by atoms with van der Waals surface area (Å²) in [7, 11) is 2.57. The van der Waals surface area contributed by atoms with Crippen LogP contribution in [0.5, 0.6) is 0 Å². The van der Waals surface area contributed by atoms with E-state index in [1.54, 1.807) is 22.2 Å². The molecule has 2 aliphatic heterocycles.